The number of anilines is 1. The van der Waals surface area contributed by atoms with Crippen molar-refractivity contribution in [1.29, 1.82) is 5.26 Å². The van der Waals surface area contributed by atoms with Crippen LogP contribution in [0, 0.1) is 11.3 Å². The van der Waals surface area contributed by atoms with Gasteiger partial charge in [-0.05, 0) is 24.3 Å². The van der Waals surface area contributed by atoms with Gasteiger partial charge < -0.3 is 9.73 Å². The monoisotopic (exact) mass is 350 g/mol. The molecule has 0 atom stereocenters. The van der Waals surface area contributed by atoms with E-state index >= 15 is 0 Å². The van der Waals surface area contributed by atoms with Crippen LogP contribution in [0.2, 0.25) is 5.02 Å². The third kappa shape index (κ3) is 3.42. The summed E-state index contributed by atoms with van der Waals surface area (Å²) in [6.45, 7) is 1.96. The maximum absolute atomic E-state index is 12.5. The molecule has 5 heteroatoms. The Morgan fingerprint density at radius 3 is 2.68 bits per heavy atom. The van der Waals surface area contributed by atoms with Crippen LogP contribution >= 0.6 is 11.6 Å². The van der Waals surface area contributed by atoms with Gasteiger partial charge in [0.2, 0.25) is 0 Å². The fourth-order valence-electron chi connectivity index (χ4n) is 2.58. The zero-order valence-electron chi connectivity index (χ0n) is 13.5. The summed E-state index contributed by atoms with van der Waals surface area (Å²) >= 11 is 6.05. The number of rotatable bonds is 4. The number of benzene rings is 2. The molecule has 0 aliphatic carbocycles. The average molecular weight is 351 g/mol. The van der Waals surface area contributed by atoms with Gasteiger partial charge in [0.15, 0.2) is 0 Å². The highest BCUT2D eigenvalue weighted by Crippen LogP contribution is 2.29. The number of carbonyl (C=O) groups excluding carboxylic acids is 1. The molecule has 25 heavy (non-hydrogen) atoms. The Morgan fingerprint density at radius 1 is 1.24 bits per heavy atom. The van der Waals surface area contributed by atoms with Gasteiger partial charge in [-0.2, -0.15) is 5.26 Å². The van der Waals surface area contributed by atoms with Crippen molar-refractivity contribution in [2.75, 3.05) is 5.32 Å². The van der Waals surface area contributed by atoms with Crippen molar-refractivity contribution in [3.8, 4) is 6.07 Å². The van der Waals surface area contributed by atoms with Gasteiger partial charge in [-0.3, -0.25) is 4.79 Å². The van der Waals surface area contributed by atoms with Crippen LogP contribution in [0.3, 0.4) is 0 Å². The number of nitriles is 1. The third-order valence-corrected chi connectivity index (χ3v) is 4.14. The Bertz CT molecular complexity index is 1010. The molecule has 4 nitrogen and oxygen atoms in total. The fourth-order valence-corrected chi connectivity index (χ4v) is 2.77. The number of nitrogens with zero attached hydrogens (tertiary/aromatic N) is 1. The van der Waals surface area contributed by atoms with E-state index in [9.17, 15) is 10.1 Å². The minimum atomic E-state index is -0.511. The first-order chi connectivity index (χ1) is 12.1. The number of para-hydroxylation sites is 2. The van der Waals surface area contributed by atoms with Gasteiger partial charge in [0.05, 0.1) is 10.7 Å². The number of aryl methyl sites for hydroxylation is 1. The van der Waals surface area contributed by atoms with Crippen LogP contribution in [0.4, 0.5) is 5.69 Å². The van der Waals surface area contributed by atoms with E-state index in [1.807, 2.05) is 37.3 Å². The molecule has 0 unspecified atom stereocenters. The highest BCUT2D eigenvalue weighted by molar-refractivity contribution is 6.34. The van der Waals surface area contributed by atoms with Crippen molar-refractivity contribution < 1.29 is 9.21 Å². The summed E-state index contributed by atoms with van der Waals surface area (Å²) in [6, 6.07) is 16.4. The second-order valence-corrected chi connectivity index (χ2v) is 5.80. The number of amides is 1. The molecule has 0 saturated heterocycles. The van der Waals surface area contributed by atoms with Crippen molar-refractivity contribution in [3.05, 3.63) is 70.5 Å². The SMILES string of the molecule is CCc1oc2ccccc2c1/C=C(\C#N)C(=O)Nc1ccccc1Cl. The van der Waals surface area contributed by atoms with Crippen molar-refractivity contribution in [2.45, 2.75) is 13.3 Å². The Kier molecular flexibility index (Phi) is 4.87. The standard InChI is InChI=1S/C20H15ClN2O2/c1-2-18-15(14-7-3-6-10-19(14)25-18)11-13(12-22)20(24)23-17-9-5-4-8-16(17)21/h3-11H,2H2,1H3,(H,23,24)/b13-11+. The maximum atomic E-state index is 12.5. The molecule has 0 bridgehead atoms. The molecule has 0 aliphatic heterocycles. The van der Waals surface area contributed by atoms with E-state index in [4.69, 9.17) is 16.0 Å². The predicted molar refractivity (Wildman–Crippen MR) is 99.3 cm³/mol. The zero-order chi connectivity index (χ0) is 17.8. The lowest BCUT2D eigenvalue weighted by atomic mass is 10.1. The first-order valence-electron chi connectivity index (χ1n) is 7.82. The molecule has 1 N–H and O–H groups in total. The van der Waals surface area contributed by atoms with Gasteiger partial charge in [-0.1, -0.05) is 48.9 Å². The van der Waals surface area contributed by atoms with Gasteiger partial charge in [0.1, 0.15) is 23.0 Å². The molecule has 0 radical (unpaired) electrons. The Hall–Kier alpha value is -3.03. The fraction of sp³-hybridized carbons (Fsp3) is 0.100. The lowest BCUT2D eigenvalue weighted by Crippen LogP contribution is -2.13. The van der Waals surface area contributed by atoms with Crippen LogP contribution < -0.4 is 5.32 Å². The topological polar surface area (TPSA) is 66.0 Å². The molecule has 0 spiro atoms. The van der Waals surface area contributed by atoms with E-state index in [1.165, 1.54) is 0 Å². The van der Waals surface area contributed by atoms with Gasteiger partial charge >= 0.3 is 0 Å². The van der Waals surface area contributed by atoms with Crippen LogP contribution in [-0.4, -0.2) is 5.91 Å². The van der Waals surface area contributed by atoms with E-state index in [2.05, 4.69) is 5.32 Å². The second-order valence-electron chi connectivity index (χ2n) is 5.39. The Labute approximate surface area is 150 Å². The van der Waals surface area contributed by atoms with Crippen LogP contribution in [0.5, 0.6) is 0 Å². The molecule has 124 valence electrons. The Morgan fingerprint density at radius 2 is 1.96 bits per heavy atom. The van der Waals surface area contributed by atoms with Crippen LogP contribution in [0.25, 0.3) is 17.0 Å². The molecule has 3 rings (SSSR count). The molecule has 1 heterocycles. The summed E-state index contributed by atoms with van der Waals surface area (Å²) in [7, 11) is 0. The summed E-state index contributed by atoms with van der Waals surface area (Å²) in [5, 5.41) is 13.4. The lowest BCUT2D eigenvalue weighted by Gasteiger charge is -2.06. The average Bonchev–Trinajstić information content (AvgIpc) is 2.99. The van der Waals surface area contributed by atoms with Crippen molar-refractivity contribution in [2.24, 2.45) is 0 Å². The van der Waals surface area contributed by atoms with Crippen molar-refractivity contribution in [3.63, 3.8) is 0 Å². The molecule has 3 aromatic rings. The highest BCUT2D eigenvalue weighted by atomic mass is 35.5. The van der Waals surface area contributed by atoms with E-state index in [0.717, 1.165) is 22.3 Å². The minimum absolute atomic E-state index is 0.0128. The van der Waals surface area contributed by atoms with E-state index in [0.29, 0.717) is 17.1 Å². The number of furan rings is 1. The number of fused-ring (bicyclic) bond motifs is 1. The molecule has 1 amide bonds. The largest absolute Gasteiger partial charge is 0.460 e. The molecule has 0 fully saturated rings. The lowest BCUT2D eigenvalue weighted by molar-refractivity contribution is -0.112. The summed E-state index contributed by atoms with van der Waals surface area (Å²) in [4.78, 5) is 12.5. The van der Waals surface area contributed by atoms with Crippen molar-refractivity contribution >= 4 is 40.2 Å². The van der Waals surface area contributed by atoms with E-state index in [1.54, 1.807) is 30.3 Å². The van der Waals surface area contributed by atoms with Crippen LogP contribution in [0.1, 0.15) is 18.2 Å². The first-order valence-corrected chi connectivity index (χ1v) is 8.20. The zero-order valence-corrected chi connectivity index (χ0v) is 14.3. The number of hydrogen-bond acceptors (Lipinski definition) is 3. The summed E-state index contributed by atoms with van der Waals surface area (Å²) in [5.74, 6) is 0.224. The molecule has 1 aromatic heterocycles. The molecule has 0 saturated carbocycles. The third-order valence-electron chi connectivity index (χ3n) is 3.81. The predicted octanol–water partition coefficient (Wildman–Crippen LogP) is 5.19. The minimum Gasteiger partial charge on any atom is -0.460 e. The van der Waals surface area contributed by atoms with Crippen molar-refractivity contribution in [1.82, 2.24) is 0 Å². The van der Waals surface area contributed by atoms with Gasteiger partial charge in [-0.15, -0.1) is 0 Å². The Balaban J connectivity index is 2.00. The normalized spacial score (nSPS) is 11.3. The number of hydrogen-bond donors (Lipinski definition) is 1. The number of carbonyl (C=O) groups is 1. The van der Waals surface area contributed by atoms with Crippen LogP contribution in [0.15, 0.2) is 58.5 Å². The van der Waals surface area contributed by atoms with Gasteiger partial charge in [0.25, 0.3) is 5.91 Å². The second kappa shape index (κ2) is 7.25. The number of halogens is 1. The first kappa shape index (κ1) is 16.8. The summed E-state index contributed by atoms with van der Waals surface area (Å²) < 4.78 is 5.80. The quantitative estimate of drug-likeness (QED) is 0.519. The highest BCUT2D eigenvalue weighted by Gasteiger charge is 2.16. The van der Waals surface area contributed by atoms with Crippen LogP contribution in [-0.2, 0) is 11.2 Å². The summed E-state index contributed by atoms with van der Waals surface area (Å²) in [5.41, 5.74) is 1.93. The van der Waals surface area contributed by atoms with E-state index < -0.39 is 5.91 Å². The molecule has 2 aromatic carbocycles. The smallest absolute Gasteiger partial charge is 0.266 e. The molecule has 0 aliphatic rings. The summed E-state index contributed by atoms with van der Waals surface area (Å²) in [6.07, 6.45) is 2.22. The number of nitrogens with one attached hydrogen (secondary N) is 1. The molecular formula is C20H15ClN2O2. The molecular weight excluding hydrogens is 336 g/mol. The van der Waals surface area contributed by atoms with E-state index in [-0.39, 0.29) is 5.57 Å². The maximum Gasteiger partial charge on any atom is 0.266 e. The van der Waals surface area contributed by atoms with Gasteiger partial charge in [-0.25, -0.2) is 0 Å². The van der Waals surface area contributed by atoms with Gasteiger partial charge in [0, 0.05) is 17.4 Å².